The molecule has 0 saturated carbocycles. The number of ether oxygens (including phenoxy) is 1. The van der Waals surface area contributed by atoms with Crippen molar-refractivity contribution in [1.29, 1.82) is 0 Å². The molecule has 1 amide bonds. The summed E-state index contributed by atoms with van der Waals surface area (Å²) in [6, 6.07) is 12.7. The fourth-order valence-corrected chi connectivity index (χ4v) is 2.77. The van der Waals surface area contributed by atoms with Crippen LogP contribution >= 0.6 is 0 Å². The Morgan fingerprint density at radius 1 is 1.18 bits per heavy atom. The summed E-state index contributed by atoms with van der Waals surface area (Å²) in [4.78, 5) is 30.5. The van der Waals surface area contributed by atoms with Gasteiger partial charge in [-0.1, -0.05) is 36.0 Å². The quantitative estimate of drug-likeness (QED) is 0.629. The van der Waals surface area contributed by atoms with Crippen LogP contribution in [0.1, 0.15) is 41.4 Å². The third kappa shape index (κ3) is 4.28. The van der Waals surface area contributed by atoms with E-state index in [1.807, 2.05) is 19.1 Å². The van der Waals surface area contributed by atoms with Crippen LogP contribution in [-0.4, -0.2) is 40.8 Å². The Kier molecular flexibility index (Phi) is 5.88. The topological polar surface area (TPSA) is 95.3 Å². The monoisotopic (exact) mass is 382 g/mol. The van der Waals surface area contributed by atoms with Crippen molar-refractivity contribution >= 4 is 22.9 Å². The first-order valence-corrected chi connectivity index (χ1v) is 8.97. The van der Waals surface area contributed by atoms with Crippen LogP contribution in [0.2, 0.25) is 0 Å². The second kappa shape index (κ2) is 8.51. The van der Waals surface area contributed by atoms with Gasteiger partial charge in [0.15, 0.2) is 6.61 Å². The first-order chi connectivity index (χ1) is 13.5. The molecule has 0 spiro atoms. The third-order valence-corrected chi connectivity index (χ3v) is 4.42. The highest BCUT2D eigenvalue weighted by molar-refractivity contribution is 5.93. The summed E-state index contributed by atoms with van der Waals surface area (Å²) in [5.41, 5.74) is 3.61. The minimum Gasteiger partial charge on any atom is -0.465 e. The van der Waals surface area contributed by atoms with E-state index in [-0.39, 0.29) is 18.6 Å². The van der Waals surface area contributed by atoms with E-state index in [2.05, 4.69) is 34.7 Å². The zero-order valence-corrected chi connectivity index (χ0v) is 16.0. The molecule has 1 N–H and O–H groups in total. The van der Waals surface area contributed by atoms with Gasteiger partial charge in [-0.3, -0.25) is 4.79 Å². The molecule has 0 aliphatic rings. The van der Waals surface area contributed by atoms with Crippen LogP contribution in [0, 0.1) is 0 Å². The number of hydrogen-bond acceptors (Lipinski definition) is 6. The van der Waals surface area contributed by atoms with Gasteiger partial charge in [-0.2, -0.15) is 0 Å². The lowest BCUT2D eigenvalue weighted by molar-refractivity contribution is -0.127. The number of nitrogens with one attached hydrogen (secondary N) is 1. The predicted molar refractivity (Wildman–Crippen MR) is 103 cm³/mol. The largest absolute Gasteiger partial charge is 0.465 e. The Morgan fingerprint density at radius 2 is 1.93 bits per heavy atom. The molecule has 0 aliphatic heterocycles. The van der Waals surface area contributed by atoms with Gasteiger partial charge in [-0.15, -0.1) is 5.10 Å². The Morgan fingerprint density at radius 3 is 2.61 bits per heavy atom. The summed E-state index contributed by atoms with van der Waals surface area (Å²) >= 11 is 0. The lowest BCUT2D eigenvalue weighted by atomic mass is 10.1. The standard InChI is InChI=1S/C20H22N4O4/c1-4-14-5-7-15(8-6-14)13(2)21-19(25)12-28-24-18-11-16(20(26)27-3)9-10-17(18)22-23-24/h5-11,13H,4,12H2,1-3H3,(H,21,25)/t13-/m0/s1. The van der Waals surface area contributed by atoms with Crippen molar-refractivity contribution in [2.24, 2.45) is 0 Å². The average molecular weight is 382 g/mol. The van der Waals surface area contributed by atoms with Crippen LogP contribution in [0.5, 0.6) is 0 Å². The summed E-state index contributed by atoms with van der Waals surface area (Å²) in [7, 11) is 1.31. The molecule has 8 heteroatoms. The number of nitrogens with zero attached hydrogens (tertiary/aromatic N) is 3. The number of methoxy groups -OCH3 is 1. The molecule has 0 fully saturated rings. The van der Waals surface area contributed by atoms with E-state index in [0.29, 0.717) is 16.6 Å². The molecule has 1 aromatic heterocycles. The molecule has 2 aromatic carbocycles. The van der Waals surface area contributed by atoms with Crippen molar-refractivity contribution in [2.45, 2.75) is 26.3 Å². The highest BCUT2D eigenvalue weighted by Gasteiger charge is 2.14. The minimum absolute atomic E-state index is 0.152. The fraction of sp³-hybridized carbons (Fsp3) is 0.300. The summed E-state index contributed by atoms with van der Waals surface area (Å²) in [6.45, 7) is 3.77. The Bertz CT molecular complexity index is 982. The molecule has 0 bridgehead atoms. The number of aryl methyl sites for hydroxylation is 1. The molecule has 0 unspecified atom stereocenters. The second-order valence-corrected chi connectivity index (χ2v) is 6.32. The predicted octanol–water partition coefficient (Wildman–Crippen LogP) is 2.09. The van der Waals surface area contributed by atoms with E-state index in [1.165, 1.54) is 12.7 Å². The van der Waals surface area contributed by atoms with Gasteiger partial charge >= 0.3 is 5.97 Å². The highest BCUT2D eigenvalue weighted by Crippen LogP contribution is 2.15. The van der Waals surface area contributed by atoms with Gasteiger partial charge in [-0.05, 0) is 47.9 Å². The van der Waals surface area contributed by atoms with Crippen molar-refractivity contribution in [3.63, 3.8) is 0 Å². The van der Waals surface area contributed by atoms with Crippen LogP contribution in [0.4, 0.5) is 0 Å². The zero-order chi connectivity index (χ0) is 20.1. The number of carbonyl (C=O) groups excluding carboxylic acids is 2. The number of fused-ring (bicyclic) bond motifs is 1. The number of hydrogen-bond donors (Lipinski definition) is 1. The van der Waals surface area contributed by atoms with Gasteiger partial charge in [0.25, 0.3) is 5.91 Å². The van der Waals surface area contributed by atoms with Gasteiger partial charge in [0, 0.05) is 0 Å². The van der Waals surface area contributed by atoms with Gasteiger partial charge in [-0.25, -0.2) is 4.79 Å². The highest BCUT2D eigenvalue weighted by atomic mass is 16.7. The average Bonchev–Trinajstić information content (AvgIpc) is 3.13. The zero-order valence-electron chi connectivity index (χ0n) is 16.0. The van der Waals surface area contributed by atoms with Gasteiger partial charge in [0.05, 0.1) is 18.7 Å². The first kappa shape index (κ1) is 19.3. The Labute approximate surface area is 162 Å². The van der Waals surface area contributed by atoms with E-state index < -0.39 is 5.97 Å². The van der Waals surface area contributed by atoms with Crippen LogP contribution < -0.4 is 10.2 Å². The molecule has 1 heterocycles. The molecule has 3 rings (SSSR count). The molecule has 0 radical (unpaired) electrons. The maximum absolute atomic E-state index is 12.2. The van der Waals surface area contributed by atoms with Crippen molar-refractivity contribution in [1.82, 2.24) is 20.5 Å². The normalized spacial score (nSPS) is 11.8. The fourth-order valence-electron chi connectivity index (χ4n) is 2.77. The molecule has 0 saturated heterocycles. The van der Waals surface area contributed by atoms with E-state index in [0.717, 1.165) is 16.8 Å². The van der Waals surface area contributed by atoms with Crippen LogP contribution in [0.3, 0.4) is 0 Å². The molecule has 0 aliphatic carbocycles. The maximum Gasteiger partial charge on any atom is 0.337 e. The molecule has 1 atom stereocenters. The van der Waals surface area contributed by atoms with E-state index in [4.69, 9.17) is 9.57 Å². The smallest absolute Gasteiger partial charge is 0.337 e. The van der Waals surface area contributed by atoms with Gasteiger partial charge in [0.2, 0.25) is 0 Å². The van der Waals surface area contributed by atoms with Crippen LogP contribution in [0.15, 0.2) is 42.5 Å². The van der Waals surface area contributed by atoms with E-state index in [9.17, 15) is 9.59 Å². The number of benzene rings is 2. The van der Waals surface area contributed by atoms with Gasteiger partial charge < -0.3 is 14.9 Å². The first-order valence-electron chi connectivity index (χ1n) is 8.97. The number of rotatable bonds is 7. The molecular formula is C20H22N4O4. The molecule has 146 valence electrons. The molecule has 3 aromatic rings. The van der Waals surface area contributed by atoms with Crippen LogP contribution in [-0.2, 0) is 16.0 Å². The second-order valence-electron chi connectivity index (χ2n) is 6.32. The summed E-state index contributed by atoms with van der Waals surface area (Å²) in [6.07, 6.45) is 0.971. The maximum atomic E-state index is 12.2. The van der Waals surface area contributed by atoms with Crippen molar-refractivity contribution < 1.29 is 19.2 Å². The van der Waals surface area contributed by atoms with Crippen molar-refractivity contribution in [3.8, 4) is 0 Å². The molecule has 8 nitrogen and oxygen atoms in total. The van der Waals surface area contributed by atoms with E-state index >= 15 is 0 Å². The minimum atomic E-state index is -0.477. The van der Waals surface area contributed by atoms with Crippen molar-refractivity contribution in [3.05, 3.63) is 59.2 Å². The molecular weight excluding hydrogens is 360 g/mol. The van der Waals surface area contributed by atoms with E-state index in [1.54, 1.807) is 18.2 Å². The Hall–Kier alpha value is -3.42. The Balaban J connectivity index is 1.63. The summed E-state index contributed by atoms with van der Waals surface area (Å²) in [5, 5.41) is 10.7. The number of esters is 1. The summed E-state index contributed by atoms with van der Waals surface area (Å²) in [5.74, 6) is -0.768. The SMILES string of the molecule is CCc1ccc([C@H](C)NC(=O)COn2nnc3ccc(C(=O)OC)cc32)cc1. The number of carbonyl (C=O) groups is 2. The van der Waals surface area contributed by atoms with Crippen molar-refractivity contribution in [2.75, 3.05) is 13.7 Å². The summed E-state index contributed by atoms with van der Waals surface area (Å²) < 4.78 is 4.71. The number of aromatic nitrogens is 3. The third-order valence-electron chi connectivity index (χ3n) is 4.42. The molecule has 28 heavy (non-hydrogen) atoms. The van der Waals surface area contributed by atoms with Crippen LogP contribution in [0.25, 0.3) is 11.0 Å². The number of amides is 1. The lowest BCUT2D eigenvalue weighted by Gasteiger charge is -2.15. The lowest BCUT2D eigenvalue weighted by Crippen LogP contribution is -2.33. The van der Waals surface area contributed by atoms with Gasteiger partial charge in [0.1, 0.15) is 11.0 Å².